The van der Waals surface area contributed by atoms with E-state index in [-0.39, 0.29) is 11.8 Å². The first-order chi connectivity index (χ1) is 30.5. The number of aliphatic hydroxyl groups is 2. The summed E-state index contributed by atoms with van der Waals surface area (Å²) in [5.74, 6) is -0.649. The quantitative estimate of drug-likeness (QED) is 0.0490. The van der Waals surface area contributed by atoms with Gasteiger partial charge >= 0.3 is 0 Å². The average Bonchev–Trinajstić information content (AvgIpc) is 3.28. The number of benzene rings is 1. The second kappa shape index (κ2) is 45.6. The molecule has 0 radical (unpaired) electrons. The Hall–Kier alpha value is -1.92. The van der Waals surface area contributed by atoms with Crippen LogP contribution >= 0.6 is 0 Å². The number of aliphatic hydroxyl groups excluding tert-OH is 2. The van der Waals surface area contributed by atoms with E-state index in [4.69, 9.17) is 0 Å². The van der Waals surface area contributed by atoms with Crippen molar-refractivity contribution in [1.82, 2.24) is 10.6 Å². The van der Waals surface area contributed by atoms with Gasteiger partial charge in [-0.2, -0.15) is 0 Å². The smallest absolute Gasteiger partial charge is 0.249 e. The highest BCUT2D eigenvalue weighted by atomic mass is 16.3. The van der Waals surface area contributed by atoms with Crippen molar-refractivity contribution in [2.45, 2.75) is 309 Å². The third-order valence-corrected chi connectivity index (χ3v) is 13.2. The lowest BCUT2D eigenvalue weighted by molar-refractivity contribution is -0.130. The number of carbonyl (C=O) groups is 2. The number of amides is 2. The highest BCUT2D eigenvalue weighted by Crippen LogP contribution is 2.18. The van der Waals surface area contributed by atoms with Gasteiger partial charge in [0.2, 0.25) is 11.8 Å². The molecule has 1 aromatic rings. The Morgan fingerprint density at radius 3 is 0.806 bits per heavy atom. The minimum Gasteiger partial charge on any atom is -0.383 e. The Morgan fingerprint density at radius 2 is 0.581 bits per heavy atom. The van der Waals surface area contributed by atoms with Crippen LogP contribution < -0.4 is 10.6 Å². The fourth-order valence-corrected chi connectivity index (χ4v) is 8.91. The summed E-state index contributed by atoms with van der Waals surface area (Å²) in [4.78, 5) is 25.1. The number of hydrogen-bond acceptors (Lipinski definition) is 4. The average molecular weight is 869 g/mol. The van der Waals surface area contributed by atoms with Crippen molar-refractivity contribution >= 4 is 11.8 Å². The van der Waals surface area contributed by atoms with Gasteiger partial charge in [0.05, 0.1) is 0 Å². The van der Waals surface area contributed by atoms with Crippen LogP contribution in [0.4, 0.5) is 0 Å². The van der Waals surface area contributed by atoms with Gasteiger partial charge < -0.3 is 20.8 Å². The van der Waals surface area contributed by atoms with Gasteiger partial charge in [-0.05, 0) is 24.0 Å². The van der Waals surface area contributed by atoms with Crippen LogP contribution in [-0.4, -0.2) is 34.2 Å². The first kappa shape index (κ1) is 58.1. The van der Waals surface area contributed by atoms with Crippen LogP contribution in [0.2, 0.25) is 0 Å². The molecule has 0 fully saturated rings. The summed E-state index contributed by atoms with van der Waals surface area (Å²) >= 11 is 0. The molecule has 0 aliphatic heterocycles. The number of unbranched alkanes of at least 4 members (excludes halogenated alkanes) is 38. The van der Waals surface area contributed by atoms with Crippen LogP contribution in [0.15, 0.2) is 24.3 Å². The van der Waals surface area contributed by atoms with Crippen LogP contribution in [0.5, 0.6) is 0 Å². The van der Waals surface area contributed by atoms with Gasteiger partial charge in [0.25, 0.3) is 0 Å². The molecule has 62 heavy (non-hydrogen) atoms. The molecule has 362 valence electrons. The van der Waals surface area contributed by atoms with Crippen molar-refractivity contribution in [3.05, 3.63) is 35.4 Å². The van der Waals surface area contributed by atoms with Crippen LogP contribution in [0.25, 0.3) is 0 Å². The zero-order valence-corrected chi connectivity index (χ0v) is 41.3. The minimum absolute atomic E-state index is 0.324. The Labute approximate surface area is 385 Å². The molecule has 2 amide bonds. The summed E-state index contributed by atoms with van der Waals surface area (Å²) in [7, 11) is 0. The predicted molar refractivity (Wildman–Crippen MR) is 267 cm³/mol. The zero-order chi connectivity index (χ0) is 44.8. The van der Waals surface area contributed by atoms with E-state index in [1.807, 2.05) is 24.3 Å². The van der Waals surface area contributed by atoms with Gasteiger partial charge in [-0.3, -0.25) is 9.59 Å². The van der Waals surface area contributed by atoms with Gasteiger partial charge in [-0.1, -0.05) is 295 Å². The molecule has 1 rings (SSSR count). The maximum Gasteiger partial charge on any atom is 0.249 e. The molecule has 0 aliphatic rings. The topological polar surface area (TPSA) is 98.7 Å². The van der Waals surface area contributed by atoms with E-state index in [1.54, 1.807) is 0 Å². The minimum atomic E-state index is -0.978. The second-order valence-corrected chi connectivity index (χ2v) is 19.3. The van der Waals surface area contributed by atoms with Crippen molar-refractivity contribution in [1.29, 1.82) is 0 Å². The van der Waals surface area contributed by atoms with E-state index < -0.39 is 12.2 Å². The van der Waals surface area contributed by atoms with Gasteiger partial charge in [-0.25, -0.2) is 0 Å². The standard InChI is InChI=1S/C56H104N2O4/c1-3-5-7-9-11-13-15-17-19-21-23-25-27-29-31-33-35-37-39-41-46-53(59)55(61)57-49-51-44-43-45-52(48-51)50-58-56(62)54(60)47-42-40-38-36-34-32-30-28-26-24-22-20-18-16-14-12-10-8-6-4-2/h43-45,48,53-54,59-60H,3-42,46-47,49-50H2,1-2H3,(H,57,61)(H,58,62). The second-order valence-electron chi connectivity index (χ2n) is 19.3. The van der Waals surface area contributed by atoms with Crippen LogP contribution in [0.1, 0.15) is 295 Å². The third-order valence-electron chi connectivity index (χ3n) is 13.2. The monoisotopic (exact) mass is 869 g/mol. The molecular formula is C56H104N2O4. The molecule has 0 saturated heterocycles. The molecule has 0 heterocycles. The number of rotatable bonds is 48. The van der Waals surface area contributed by atoms with E-state index >= 15 is 0 Å². The molecule has 4 N–H and O–H groups in total. The van der Waals surface area contributed by atoms with Crippen molar-refractivity contribution in [2.75, 3.05) is 0 Å². The highest BCUT2D eigenvalue weighted by molar-refractivity contribution is 5.80. The van der Waals surface area contributed by atoms with Gasteiger partial charge in [0.15, 0.2) is 0 Å². The Kier molecular flexibility index (Phi) is 42.8. The lowest BCUT2D eigenvalue weighted by Crippen LogP contribution is -2.34. The summed E-state index contributed by atoms with van der Waals surface area (Å²) < 4.78 is 0. The third kappa shape index (κ3) is 38.5. The van der Waals surface area contributed by atoms with E-state index in [9.17, 15) is 19.8 Å². The van der Waals surface area contributed by atoms with E-state index in [1.165, 1.54) is 231 Å². The summed E-state index contributed by atoms with van der Waals surface area (Å²) in [5.41, 5.74) is 1.84. The summed E-state index contributed by atoms with van der Waals surface area (Å²) in [6, 6.07) is 7.74. The lowest BCUT2D eigenvalue weighted by Gasteiger charge is -2.13. The zero-order valence-electron chi connectivity index (χ0n) is 41.3. The molecular weight excluding hydrogens is 765 g/mol. The molecule has 6 heteroatoms. The van der Waals surface area contributed by atoms with E-state index in [0.29, 0.717) is 25.9 Å². The molecule has 0 aromatic heterocycles. The van der Waals surface area contributed by atoms with Crippen molar-refractivity contribution in [3.8, 4) is 0 Å². The highest BCUT2D eigenvalue weighted by Gasteiger charge is 2.16. The molecule has 2 atom stereocenters. The van der Waals surface area contributed by atoms with Crippen LogP contribution in [-0.2, 0) is 22.7 Å². The Balaban J connectivity index is 1.95. The molecule has 1 aromatic carbocycles. The van der Waals surface area contributed by atoms with Crippen LogP contribution in [0.3, 0.4) is 0 Å². The maximum absolute atomic E-state index is 12.6. The number of hydrogen-bond donors (Lipinski definition) is 4. The largest absolute Gasteiger partial charge is 0.383 e. The van der Waals surface area contributed by atoms with Gasteiger partial charge in [0, 0.05) is 13.1 Å². The summed E-state index contributed by atoms with van der Waals surface area (Å²) in [5, 5.41) is 26.6. The van der Waals surface area contributed by atoms with Gasteiger partial charge in [-0.15, -0.1) is 0 Å². The van der Waals surface area contributed by atoms with E-state index in [2.05, 4.69) is 24.5 Å². The number of carbonyl (C=O) groups excluding carboxylic acids is 2. The normalized spacial score (nSPS) is 12.5. The van der Waals surface area contributed by atoms with E-state index in [0.717, 1.165) is 36.8 Å². The van der Waals surface area contributed by atoms with Crippen LogP contribution in [0, 0.1) is 0 Å². The SMILES string of the molecule is CCCCCCCCCCCCCCCCCCCCCCC(O)C(=O)NCc1cccc(CNC(=O)C(O)CCCCCCCCCCCCCCCCCCCCCC)c1. The molecule has 0 aliphatic carbocycles. The molecule has 0 spiro atoms. The van der Waals surface area contributed by atoms with Gasteiger partial charge in [0.1, 0.15) is 12.2 Å². The van der Waals surface area contributed by atoms with Crippen molar-refractivity contribution in [3.63, 3.8) is 0 Å². The molecule has 2 unspecified atom stereocenters. The fourth-order valence-electron chi connectivity index (χ4n) is 8.91. The Bertz CT molecular complexity index is 1030. The first-order valence-corrected chi connectivity index (χ1v) is 27.5. The molecule has 0 bridgehead atoms. The summed E-state index contributed by atoms with van der Waals surface area (Å²) in [6.07, 6.45) is 52.5. The van der Waals surface area contributed by atoms with Crippen molar-refractivity contribution < 1.29 is 19.8 Å². The fraction of sp³-hybridized carbons (Fsp3) is 0.857. The predicted octanol–water partition coefficient (Wildman–Crippen LogP) is 16.1. The molecule has 0 saturated carbocycles. The number of nitrogens with one attached hydrogen (secondary N) is 2. The maximum atomic E-state index is 12.6. The Morgan fingerprint density at radius 1 is 0.371 bits per heavy atom. The van der Waals surface area contributed by atoms with Crippen molar-refractivity contribution in [2.24, 2.45) is 0 Å². The lowest BCUT2D eigenvalue weighted by atomic mass is 10.0. The molecule has 6 nitrogen and oxygen atoms in total. The summed E-state index contributed by atoms with van der Waals surface area (Å²) in [6.45, 7) is 5.24. The first-order valence-electron chi connectivity index (χ1n) is 27.5.